The van der Waals surface area contributed by atoms with Gasteiger partial charge in [-0.2, -0.15) is 0 Å². The van der Waals surface area contributed by atoms with Crippen molar-refractivity contribution in [1.82, 2.24) is 19.9 Å². The minimum atomic E-state index is -0.0177. The molecule has 2 heterocycles. The number of fused-ring (bicyclic) bond motifs is 1. The Bertz CT molecular complexity index is 913. The SMILES string of the molecule is CCN(CC)c1ncnc2c(-c3ccccc3)cn(CC(=O)NC(C)C)c12. The molecule has 0 unspecified atom stereocenters. The fourth-order valence-corrected chi connectivity index (χ4v) is 3.34. The highest BCUT2D eigenvalue weighted by atomic mass is 16.2. The zero-order chi connectivity index (χ0) is 19.4. The summed E-state index contributed by atoms with van der Waals surface area (Å²) >= 11 is 0. The second kappa shape index (κ2) is 8.20. The van der Waals surface area contributed by atoms with Gasteiger partial charge in [-0.25, -0.2) is 9.97 Å². The van der Waals surface area contributed by atoms with Crippen molar-refractivity contribution in [2.45, 2.75) is 40.3 Å². The lowest BCUT2D eigenvalue weighted by atomic mass is 10.1. The summed E-state index contributed by atoms with van der Waals surface area (Å²) in [5.41, 5.74) is 3.86. The number of nitrogens with zero attached hydrogens (tertiary/aromatic N) is 4. The van der Waals surface area contributed by atoms with Gasteiger partial charge in [0.05, 0.1) is 0 Å². The summed E-state index contributed by atoms with van der Waals surface area (Å²) in [6.45, 7) is 10.1. The van der Waals surface area contributed by atoms with Gasteiger partial charge in [0.15, 0.2) is 5.82 Å². The monoisotopic (exact) mass is 365 g/mol. The van der Waals surface area contributed by atoms with E-state index in [0.29, 0.717) is 0 Å². The Morgan fingerprint density at radius 3 is 2.48 bits per heavy atom. The third kappa shape index (κ3) is 3.94. The van der Waals surface area contributed by atoms with Crippen LogP contribution in [0.1, 0.15) is 27.7 Å². The van der Waals surface area contributed by atoms with Gasteiger partial charge in [0.1, 0.15) is 23.9 Å². The number of hydrogen-bond donors (Lipinski definition) is 1. The zero-order valence-corrected chi connectivity index (χ0v) is 16.4. The van der Waals surface area contributed by atoms with E-state index in [0.717, 1.165) is 41.1 Å². The molecule has 0 fully saturated rings. The van der Waals surface area contributed by atoms with Crippen molar-refractivity contribution < 1.29 is 4.79 Å². The van der Waals surface area contributed by atoms with E-state index >= 15 is 0 Å². The lowest BCUT2D eigenvalue weighted by Crippen LogP contribution is -2.33. The van der Waals surface area contributed by atoms with Crippen molar-refractivity contribution >= 4 is 22.8 Å². The molecule has 6 nitrogen and oxygen atoms in total. The number of carbonyl (C=O) groups is 1. The third-order valence-electron chi connectivity index (χ3n) is 4.54. The molecule has 0 aliphatic rings. The Morgan fingerprint density at radius 2 is 1.85 bits per heavy atom. The second-order valence-corrected chi connectivity index (χ2v) is 6.83. The molecule has 0 bridgehead atoms. The molecular weight excluding hydrogens is 338 g/mol. The largest absolute Gasteiger partial charge is 0.355 e. The van der Waals surface area contributed by atoms with Gasteiger partial charge in [-0.15, -0.1) is 0 Å². The minimum absolute atomic E-state index is 0.0177. The summed E-state index contributed by atoms with van der Waals surface area (Å²) in [6.07, 6.45) is 3.63. The molecule has 3 aromatic rings. The molecule has 3 rings (SSSR count). The first-order valence-electron chi connectivity index (χ1n) is 9.48. The highest BCUT2D eigenvalue weighted by molar-refractivity contribution is 5.99. The molecule has 0 atom stereocenters. The first-order chi connectivity index (χ1) is 13.0. The van der Waals surface area contributed by atoms with Crippen molar-refractivity contribution in [3.05, 3.63) is 42.9 Å². The summed E-state index contributed by atoms with van der Waals surface area (Å²) in [5.74, 6) is 0.848. The average molecular weight is 365 g/mol. The standard InChI is InChI=1S/C21H27N5O/c1-5-25(6-2)21-20-19(22-14-23-21)17(16-10-8-7-9-11-16)12-26(20)13-18(27)24-15(3)4/h7-12,14-15H,5-6,13H2,1-4H3,(H,24,27). The van der Waals surface area contributed by atoms with Crippen molar-refractivity contribution in [1.29, 1.82) is 0 Å². The first-order valence-corrected chi connectivity index (χ1v) is 9.48. The van der Waals surface area contributed by atoms with E-state index in [1.165, 1.54) is 0 Å². The quantitative estimate of drug-likeness (QED) is 0.696. The van der Waals surface area contributed by atoms with Gasteiger partial charge in [0, 0.05) is 30.9 Å². The van der Waals surface area contributed by atoms with E-state index in [1.54, 1.807) is 6.33 Å². The number of benzene rings is 1. The summed E-state index contributed by atoms with van der Waals surface area (Å²) in [5, 5.41) is 2.97. The predicted octanol–water partition coefficient (Wildman–Crippen LogP) is 3.47. The molecular formula is C21H27N5O. The number of amides is 1. The summed E-state index contributed by atoms with van der Waals surface area (Å²) < 4.78 is 1.98. The summed E-state index contributed by atoms with van der Waals surface area (Å²) in [7, 11) is 0. The first kappa shape index (κ1) is 18.9. The maximum atomic E-state index is 12.4. The van der Waals surface area contributed by atoms with Crippen LogP contribution in [0.3, 0.4) is 0 Å². The average Bonchev–Trinajstić information content (AvgIpc) is 3.02. The van der Waals surface area contributed by atoms with Crippen LogP contribution < -0.4 is 10.2 Å². The van der Waals surface area contributed by atoms with E-state index in [-0.39, 0.29) is 18.5 Å². The third-order valence-corrected chi connectivity index (χ3v) is 4.54. The van der Waals surface area contributed by atoms with Gasteiger partial charge >= 0.3 is 0 Å². The van der Waals surface area contributed by atoms with Gasteiger partial charge in [-0.05, 0) is 33.3 Å². The Kier molecular flexibility index (Phi) is 5.74. The molecule has 1 N–H and O–H groups in total. The maximum absolute atomic E-state index is 12.4. The Morgan fingerprint density at radius 1 is 1.15 bits per heavy atom. The van der Waals surface area contributed by atoms with Gasteiger partial charge in [-0.3, -0.25) is 4.79 Å². The number of hydrogen-bond acceptors (Lipinski definition) is 4. The van der Waals surface area contributed by atoms with E-state index in [9.17, 15) is 4.79 Å². The Balaban J connectivity index is 2.18. The van der Waals surface area contributed by atoms with Crippen LogP contribution in [0.4, 0.5) is 5.82 Å². The predicted molar refractivity (Wildman–Crippen MR) is 110 cm³/mol. The van der Waals surface area contributed by atoms with Crippen molar-refractivity contribution in [2.75, 3.05) is 18.0 Å². The Hall–Kier alpha value is -2.89. The second-order valence-electron chi connectivity index (χ2n) is 6.83. The number of carbonyl (C=O) groups excluding carboxylic acids is 1. The fourth-order valence-electron chi connectivity index (χ4n) is 3.34. The smallest absolute Gasteiger partial charge is 0.240 e. The molecule has 6 heteroatoms. The van der Waals surface area contributed by atoms with E-state index < -0.39 is 0 Å². The van der Waals surface area contributed by atoms with Crippen LogP contribution in [0, 0.1) is 0 Å². The molecule has 142 valence electrons. The molecule has 0 aliphatic carbocycles. The van der Waals surface area contributed by atoms with Gasteiger partial charge in [0.25, 0.3) is 0 Å². The van der Waals surface area contributed by atoms with Crippen molar-refractivity contribution in [3.8, 4) is 11.1 Å². The molecule has 0 aliphatic heterocycles. The minimum Gasteiger partial charge on any atom is -0.355 e. The normalized spacial score (nSPS) is 11.1. The molecule has 0 saturated carbocycles. The summed E-state index contributed by atoms with van der Waals surface area (Å²) in [6, 6.07) is 10.2. The van der Waals surface area contributed by atoms with Crippen LogP contribution in [0.15, 0.2) is 42.9 Å². The van der Waals surface area contributed by atoms with Crippen LogP contribution in [-0.4, -0.2) is 39.6 Å². The zero-order valence-electron chi connectivity index (χ0n) is 16.4. The molecule has 1 amide bonds. The lowest BCUT2D eigenvalue weighted by Gasteiger charge is -2.21. The van der Waals surface area contributed by atoms with Crippen LogP contribution in [0.5, 0.6) is 0 Å². The number of rotatable bonds is 7. The Labute approximate surface area is 160 Å². The van der Waals surface area contributed by atoms with Crippen LogP contribution >= 0.6 is 0 Å². The number of nitrogens with one attached hydrogen (secondary N) is 1. The van der Waals surface area contributed by atoms with Crippen LogP contribution in [0.25, 0.3) is 22.2 Å². The van der Waals surface area contributed by atoms with Gasteiger partial charge < -0.3 is 14.8 Å². The van der Waals surface area contributed by atoms with E-state index in [4.69, 9.17) is 0 Å². The highest BCUT2D eigenvalue weighted by Crippen LogP contribution is 2.33. The molecule has 1 aromatic carbocycles. The lowest BCUT2D eigenvalue weighted by molar-refractivity contribution is -0.122. The molecule has 0 radical (unpaired) electrons. The van der Waals surface area contributed by atoms with Gasteiger partial charge in [-0.1, -0.05) is 30.3 Å². The van der Waals surface area contributed by atoms with Crippen LogP contribution in [0.2, 0.25) is 0 Å². The molecule has 0 spiro atoms. The molecule has 27 heavy (non-hydrogen) atoms. The highest BCUT2D eigenvalue weighted by Gasteiger charge is 2.20. The number of aromatic nitrogens is 3. The molecule has 0 saturated heterocycles. The number of anilines is 1. The van der Waals surface area contributed by atoms with E-state index in [1.807, 2.05) is 42.8 Å². The van der Waals surface area contributed by atoms with Crippen molar-refractivity contribution in [3.63, 3.8) is 0 Å². The summed E-state index contributed by atoms with van der Waals surface area (Å²) in [4.78, 5) is 23.8. The molecule has 2 aromatic heterocycles. The van der Waals surface area contributed by atoms with Crippen molar-refractivity contribution in [2.24, 2.45) is 0 Å². The van der Waals surface area contributed by atoms with Gasteiger partial charge in [0.2, 0.25) is 5.91 Å². The fraction of sp³-hybridized carbons (Fsp3) is 0.381. The van der Waals surface area contributed by atoms with E-state index in [2.05, 4.69) is 46.2 Å². The van der Waals surface area contributed by atoms with Crippen LogP contribution in [-0.2, 0) is 11.3 Å². The topological polar surface area (TPSA) is 63.1 Å². The maximum Gasteiger partial charge on any atom is 0.240 e.